The molecule has 95 heavy (non-hydrogen) atoms. The SMILES string of the molecule is COc1ccc(C[C@H](NC(=O)C(F)(F)F)C(=O)N[C@H]2[C@@H](OC)[C@H](n3cnc4c(N(C)C)ncnc43)O[C@@H]2COP(=O)(OCCC#N)O[C@H]2C[C@H](n3ccc(NC(=O)c4ccccc4)nc3=O)O[C@@H]2COC(c2ccccc2)(c2ccc(OC)cc2)c2ccc(OC)cc2)cc1. The molecular weight excluding hydrogens is 1260 g/mol. The highest BCUT2D eigenvalue weighted by molar-refractivity contribution is 7.48. The third kappa shape index (κ3) is 15.6. The molecule has 3 aromatic heterocycles. The van der Waals surface area contributed by atoms with Crippen molar-refractivity contribution in [3.05, 3.63) is 197 Å². The molecule has 498 valence electrons. The zero-order chi connectivity index (χ0) is 67.4. The molecule has 9 atom stereocenters. The van der Waals surface area contributed by atoms with Gasteiger partial charge in [0.1, 0.15) is 71.7 Å². The largest absolute Gasteiger partial charge is 0.497 e. The Hall–Kier alpha value is -9.63. The lowest BCUT2D eigenvalue weighted by molar-refractivity contribution is -0.174. The summed E-state index contributed by atoms with van der Waals surface area (Å²) in [6.07, 6.45) is -10.4. The van der Waals surface area contributed by atoms with Crippen molar-refractivity contribution in [2.75, 3.05) is 72.6 Å². The van der Waals surface area contributed by atoms with Crippen molar-refractivity contribution in [3.8, 4) is 23.3 Å². The third-order valence-corrected chi connectivity index (χ3v) is 17.3. The van der Waals surface area contributed by atoms with Crippen molar-refractivity contribution >= 4 is 48.3 Å². The molecular formula is C65H67F3N11O15P. The van der Waals surface area contributed by atoms with Crippen molar-refractivity contribution in [2.45, 2.75) is 80.0 Å². The lowest BCUT2D eigenvalue weighted by Crippen LogP contribution is -2.57. The zero-order valence-electron chi connectivity index (χ0n) is 52.2. The number of anilines is 2. The topological polar surface area (TPSA) is 302 Å². The second-order valence-electron chi connectivity index (χ2n) is 21.9. The molecule has 0 spiro atoms. The maximum absolute atomic E-state index is 15.8. The molecule has 3 amide bonds. The highest BCUT2D eigenvalue weighted by atomic mass is 31.2. The monoisotopic (exact) mass is 1330 g/mol. The van der Waals surface area contributed by atoms with Crippen LogP contribution in [0.15, 0.2) is 163 Å². The number of nitrogens with one attached hydrogen (secondary N) is 3. The highest BCUT2D eigenvalue weighted by Gasteiger charge is 2.51. The van der Waals surface area contributed by atoms with E-state index in [9.17, 15) is 37.6 Å². The van der Waals surface area contributed by atoms with Crippen LogP contribution in [0, 0.1) is 11.3 Å². The predicted molar refractivity (Wildman–Crippen MR) is 335 cm³/mol. The fourth-order valence-corrected chi connectivity index (χ4v) is 12.5. The summed E-state index contributed by atoms with van der Waals surface area (Å²) in [6.45, 7) is -1.73. The molecule has 26 nitrogen and oxygen atoms in total. The molecule has 0 aliphatic carbocycles. The van der Waals surface area contributed by atoms with Crippen molar-refractivity contribution < 1.29 is 78.8 Å². The first-order chi connectivity index (χ1) is 45.8. The van der Waals surface area contributed by atoms with E-state index in [1.54, 1.807) is 73.6 Å². The number of hydrogen-bond donors (Lipinski definition) is 3. The standard InChI is InChI=1S/C65H67F3N11O15P/c1-77(2)57-55-58(71-38-70-57)79(39-72-55)61-56(88-6)54(76-60(81)48(73-62(82)65(66,67)68)34-40-18-24-45(85-3)25-19-40)51(93-61)37-91-95(84,90-33-13-31-69)94-49-35-53(78-32-30-52(75-63(78)83)74-59(80)41-14-9-7-10-15-41)92-50(49)36-89-64(42-16-11-8-12-17-42,43-20-26-46(86-4)27-21-43)44-22-28-47(87-5)29-23-44/h7-12,14-30,32,38-39,48-51,53-54,56,61H,13,33-37H2,1-6H3,(H,73,82)(H,76,81)(H,74,75,80,83)/t48-,49-,50+,51+,53+,54+,56+,61+,95?/m0/s1. The maximum Gasteiger partial charge on any atom is 0.475 e. The fourth-order valence-electron chi connectivity index (χ4n) is 11.1. The van der Waals surface area contributed by atoms with Crippen LogP contribution >= 0.6 is 7.82 Å². The van der Waals surface area contributed by atoms with Gasteiger partial charge in [0, 0.05) is 45.8 Å². The summed E-state index contributed by atoms with van der Waals surface area (Å²) in [7, 11) is 4.15. The first-order valence-electron chi connectivity index (χ1n) is 29.7. The number of amides is 3. The van der Waals surface area contributed by atoms with Gasteiger partial charge in [0.2, 0.25) is 5.91 Å². The van der Waals surface area contributed by atoms with Crippen LogP contribution in [0.3, 0.4) is 0 Å². The molecule has 10 rings (SSSR count). The summed E-state index contributed by atoms with van der Waals surface area (Å²) in [4.78, 5) is 73.8. The Morgan fingerprint density at radius 3 is 1.98 bits per heavy atom. The summed E-state index contributed by atoms with van der Waals surface area (Å²) in [6, 6.07) is 38.1. The van der Waals surface area contributed by atoms with Gasteiger partial charge in [-0.3, -0.25) is 37.1 Å². The molecule has 2 saturated heterocycles. The summed E-state index contributed by atoms with van der Waals surface area (Å²) < 4.78 is 122. The molecule has 5 heterocycles. The fraction of sp³-hybridized carbons (Fsp3) is 0.338. The Morgan fingerprint density at radius 2 is 1.39 bits per heavy atom. The number of imidazole rings is 1. The average Bonchev–Trinajstić information content (AvgIpc) is 1.71. The van der Waals surface area contributed by atoms with Gasteiger partial charge in [-0.15, -0.1) is 0 Å². The lowest BCUT2D eigenvalue weighted by atomic mass is 9.80. The van der Waals surface area contributed by atoms with Crippen LogP contribution in [0.5, 0.6) is 17.2 Å². The molecule has 2 fully saturated rings. The second-order valence-corrected chi connectivity index (χ2v) is 23.5. The maximum atomic E-state index is 15.8. The van der Waals surface area contributed by atoms with E-state index in [-0.39, 0.29) is 24.3 Å². The van der Waals surface area contributed by atoms with Crippen molar-refractivity contribution in [3.63, 3.8) is 0 Å². The highest BCUT2D eigenvalue weighted by Crippen LogP contribution is 2.54. The van der Waals surface area contributed by atoms with Crippen LogP contribution in [0.25, 0.3) is 11.2 Å². The summed E-state index contributed by atoms with van der Waals surface area (Å²) >= 11 is 0. The van der Waals surface area contributed by atoms with Crippen LogP contribution in [-0.2, 0) is 58.7 Å². The Morgan fingerprint density at radius 1 is 0.768 bits per heavy atom. The number of nitrogens with zero attached hydrogens (tertiary/aromatic N) is 8. The van der Waals surface area contributed by atoms with Gasteiger partial charge in [-0.1, -0.05) is 84.9 Å². The number of alkyl halides is 3. The van der Waals surface area contributed by atoms with Gasteiger partial charge in [-0.05, 0) is 76.9 Å². The number of fused-ring (bicyclic) bond motifs is 1. The number of aromatic nitrogens is 6. The van der Waals surface area contributed by atoms with Crippen LogP contribution in [0.2, 0.25) is 0 Å². The van der Waals surface area contributed by atoms with Crippen LogP contribution in [0.4, 0.5) is 24.8 Å². The smallest absolute Gasteiger partial charge is 0.475 e. The number of phosphoric ester groups is 1. The van der Waals surface area contributed by atoms with Gasteiger partial charge < -0.3 is 54.0 Å². The summed E-state index contributed by atoms with van der Waals surface area (Å²) in [5.74, 6) is -2.20. The van der Waals surface area contributed by atoms with Crippen LogP contribution in [0.1, 0.15) is 57.9 Å². The first-order valence-corrected chi connectivity index (χ1v) is 31.1. The minimum absolute atomic E-state index is 0.0746. The number of carbonyl (C=O) groups excluding carboxylic acids is 3. The van der Waals surface area contributed by atoms with E-state index in [1.165, 1.54) is 82.2 Å². The summed E-state index contributed by atoms with van der Waals surface area (Å²) in [5, 5.41) is 16.9. The molecule has 8 aromatic rings. The molecule has 0 saturated carbocycles. The molecule has 0 radical (unpaired) electrons. The van der Waals surface area contributed by atoms with E-state index in [1.807, 2.05) is 66.0 Å². The molecule has 30 heteroatoms. The number of hydrogen-bond acceptors (Lipinski definition) is 21. The number of nitriles is 1. The number of halogens is 3. The number of phosphoric acid groups is 1. The van der Waals surface area contributed by atoms with Gasteiger partial charge >= 0.3 is 25.6 Å². The Balaban J connectivity index is 1.02. The normalized spacial score (nSPS) is 19.6. The second kappa shape index (κ2) is 30.2. The van der Waals surface area contributed by atoms with E-state index >= 15 is 4.57 Å². The Bertz CT molecular complexity index is 4050. The van der Waals surface area contributed by atoms with Gasteiger partial charge in [0.25, 0.3) is 5.91 Å². The van der Waals surface area contributed by atoms with Crippen LogP contribution < -0.4 is 40.8 Å². The van der Waals surface area contributed by atoms with Crippen molar-refractivity contribution in [2.24, 2.45) is 0 Å². The van der Waals surface area contributed by atoms with Crippen molar-refractivity contribution in [1.82, 2.24) is 39.7 Å². The number of ether oxygens (including phenoxy) is 7. The number of benzene rings is 5. The molecule has 0 bridgehead atoms. The lowest BCUT2D eigenvalue weighted by Gasteiger charge is -2.37. The molecule has 1 unspecified atom stereocenters. The quantitative estimate of drug-likeness (QED) is 0.0239. The number of carbonyl (C=O) groups is 3. The zero-order valence-corrected chi connectivity index (χ0v) is 53.0. The Labute approximate surface area is 542 Å². The van der Waals surface area contributed by atoms with Crippen LogP contribution in [-0.4, -0.2) is 152 Å². The Kier molecular flexibility index (Phi) is 21.7. The van der Waals surface area contributed by atoms with E-state index in [4.69, 9.17) is 46.7 Å². The predicted octanol–water partition coefficient (Wildman–Crippen LogP) is 7.85. The van der Waals surface area contributed by atoms with Crippen molar-refractivity contribution in [1.29, 1.82) is 5.26 Å². The van der Waals surface area contributed by atoms with E-state index in [0.717, 1.165) is 4.57 Å². The number of methoxy groups -OCH3 is 4. The summed E-state index contributed by atoms with van der Waals surface area (Å²) in [5.41, 5.74) is 0.762. The molecule has 2 aliphatic heterocycles. The van der Waals surface area contributed by atoms with Gasteiger partial charge in [-0.2, -0.15) is 23.4 Å². The van der Waals surface area contributed by atoms with E-state index in [2.05, 4.69) is 30.6 Å². The molecule has 2 aliphatic rings. The molecule has 3 N–H and O–H groups in total. The van der Waals surface area contributed by atoms with Gasteiger partial charge in [0.15, 0.2) is 23.2 Å². The third-order valence-electron chi connectivity index (χ3n) is 15.8. The molecule has 5 aromatic carbocycles. The van der Waals surface area contributed by atoms with Gasteiger partial charge in [0.05, 0.1) is 66.0 Å². The number of rotatable bonds is 28. The van der Waals surface area contributed by atoms with E-state index < -0.39 is 118 Å². The minimum Gasteiger partial charge on any atom is -0.497 e. The first kappa shape index (κ1) is 68.2. The minimum atomic E-state index is -5.40. The van der Waals surface area contributed by atoms with E-state index in [0.29, 0.717) is 56.4 Å². The average molecular weight is 1330 g/mol. The van der Waals surface area contributed by atoms with Gasteiger partial charge in [-0.25, -0.2) is 24.3 Å².